The molecule has 0 saturated carbocycles. The molecule has 1 atom stereocenters. The van der Waals surface area contributed by atoms with Crippen LogP contribution in [-0.2, 0) is 0 Å². The van der Waals surface area contributed by atoms with Gasteiger partial charge in [-0.1, -0.05) is 13.3 Å². The molecule has 22 heavy (non-hydrogen) atoms. The second-order valence-corrected chi connectivity index (χ2v) is 5.98. The smallest absolute Gasteiger partial charge is 0.251 e. The molecule has 1 heterocycles. The van der Waals surface area contributed by atoms with Gasteiger partial charge in [-0.3, -0.25) is 4.79 Å². The van der Waals surface area contributed by atoms with Crippen molar-refractivity contribution in [2.24, 2.45) is 5.92 Å². The molecule has 0 spiro atoms. The summed E-state index contributed by atoms with van der Waals surface area (Å²) in [7, 11) is 0. The van der Waals surface area contributed by atoms with E-state index in [9.17, 15) is 4.79 Å². The van der Waals surface area contributed by atoms with E-state index >= 15 is 0 Å². The number of carbonyl (C=O) groups is 1. The van der Waals surface area contributed by atoms with Gasteiger partial charge in [0.05, 0.1) is 6.61 Å². The van der Waals surface area contributed by atoms with E-state index in [2.05, 4.69) is 17.6 Å². The highest BCUT2D eigenvalue weighted by molar-refractivity contribution is 5.94. The topological polar surface area (TPSA) is 50.4 Å². The molecule has 2 rings (SSSR count). The van der Waals surface area contributed by atoms with Crippen LogP contribution < -0.4 is 15.4 Å². The average molecular weight is 304 g/mol. The molecular formula is C18H28N2O2. The van der Waals surface area contributed by atoms with E-state index in [1.54, 1.807) is 0 Å². The van der Waals surface area contributed by atoms with Crippen LogP contribution in [0, 0.1) is 5.92 Å². The molecule has 1 amide bonds. The largest absolute Gasteiger partial charge is 0.494 e. The fourth-order valence-electron chi connectivity index (χ4n) is 2.70. The predicted molar refractivity (Wildman–Crippen MR) is 89.4 cm³/mol. The monoisotopic (exact) mass is 304 g/mol. The first-order chi connectivity index (χ1) is 10.8. The number of hydrogen-bond donors (Lipinski definition) is 2. The lowest BCUT2D eigenvalue weighted by Crippen LogP contribution is -2.33. The van der Waals surface area contributed by atoms with Crippen molar-refractivity contribution < 1.29 is 9.53 Å². The Morgan fingerprint density at radius 3 is 2.86 bits per heavy atom. The molecule has 0 aliphatic carbocycles. The highest BCUT2D eigenvalue weighted by Crippen LogP contribution is 2.14. The fraction of sp³-hybridized carbons (Fsp3) is 0.611. The Labute approximate surface area is 133 Å². The Hall–Kier alpha value is -1.55. The number of rotatable bonds is 8. The molecule has 4 heteroatoms. The molecule has 0 bridgehead atoms. The summed E-state index contributed by atoms with van der Waals surface area (Å²) in [4.78, 5) is 12.1. The van der Waals surface area contributed by atoms with Gasteiger partial charge in [-0.15, -0.1) is 0 Å². The number of benzene rings is 1. The standard InChI is InChI=1S/C18H28N2O2/c1-2-3-13-22-17-8-6-16(7-9-17)18(21)20-12-10-15-5-4-11-19-14-15/h6-9,15,19H,2-5,10-14H2,1H3,(H,20,21). The summed E-state index contributed by atoms with van der Waals surface area (Å²) in [6, 6.07) is 7.41. The van der Waals surface area contributed by atoms with Crippen LogP contribution in [0.15, 0.2) is 24.3 Å². The summed E-state index contributed by atoms with van der Waals surface area (Å²) >= 11 is 0. The van der Waals surface area contributed by atoms with Crippen molar-refractivity contribution in [3.63, 3.8) is 0 Å². The fourth-order valence-corrected chi connectivity index (χ4v) is 2.70. The van der Waals surface area contributed by atoms with Gasteiger partial charge in [-0.2, -0.15) is 0 Å². The number of hydrogen-bond acceptors (Lipinski definition) is 3. The minimum Gasteiger partial charge on any atom is -0.494 e. The zero-order valence-electron chi connectivity index (χ0n) is 13.6. The number of amides is 1. The van der Waals surface area contributed by atoms with E-state index in [1.165, 1.54) is 12.8 Å². The van der Waals surface area contributed by atoms with Gasteiger partial charge in [-0.25, -0.2) is 0 Å². The molecule has 0 radical (unpaired) electrons. The van der Waals surface area contributed by atoms with Gasteiger partial charge in [-0.05, 0) is 69.0 Å². The van der Waals surface area contributed by atoms with Crippen molar-refractivity contribution in [2.75, 3.05) is 26.2 Å². The van der Waals surface area contributed by atoms with Crippen molar-refractivity contribution in [3.8, 4) is 5.75 Å². The first-order valence-corrected chi connectivity index (χ1v) is 8.51. The van der Waals surface area contributed by atoms with Gasteiger partial charge < -0.3 is 15.4 Å². The maximum absolute atomic E-state index is 12.1. The normalized spacial score (nSPS) is 18.0. The molecule has 2 N–H and O–H groups in total. The third-order valence-electron chi connectivity index (χ3n) is 4.12. The summed E-state index contributed by atoms with van der Waals surface area (Å²) < 4.78 is 5.60. The van der Waals surface area contributed by atoms with Crippen LogP contribution in [0.4, 0.5) is 0 Å². The van der Waals surface area contributed by atoms with Crippen LogP contribution in [0.2, 0.25) is 0 Å². The molecule has 1 aromatic rings. The molecule has 1 aromatic carbocycles. The first-order valence-electron chi connectivity index (χ1n) is 8.51. The van der Waals surface area contributed by atoms with Gasteiger partial charge in [0.2, 0.25) is 0 Å². The maximum Gasteiger partial charge on any atom is 0.251 e. The maximum atomic E-state index is 12.1. The number of unbranched alkanes of at least 4 members (excludes halogenated alkanes) is 1. The van der Waals surface area contributed by atoms with Gasteiger partial charge in [0.25, 0.3) is 5.91 Å². The summed E-state index contributed by atoms with van der Waals surface area (Å²) in [6.45, 7) is 5.84. The summed E-state index contributed by atoms with van der Waals surface area (Å²) in [6.07, 6.45) is 5.75. The second-order valence-electron chi connectivity index (χ2n) is 5.98. The minimum atomic E-state index is 0.00359. The second kappa shape index (κ2) is 9.46. The van der Waals surface area contributed by atoms with Gasteiger partial charge in [0.15, 0.2) is 0 Å². The summed E-state index contributed by atoms with van der Waals surface area (Å²) in [5.41, 5.74) is 0.699. The Morgan fingerprint density at radius 2 is 2.18 bits per heavy atom. The lowest BCUT2D eigenvalue weighted by atomic mass is 9.96. The Balaban J connectivity index is 1.70. The van der Waals surface area contributed by atoms with Crippen molar-refractivity contribution in [1.82, 2.24) is 10.6 Å². The highest BCUT2D eigenvalue weighted by Gasteiger charge is 2.13. The first kappa shape index (κ1) is 16.8. The lowest BCUT2D eigenvalue weighted by Gasteiger charge is -2.22. The molecular weight excluding hydrogens is 276 g/mol. The molecule has 1 aliphatic rings. The van der Waals surface area contributed by atoms with Crippen LogP contribution in [0.1, 0.15) is 49.4 Å². The van der Waals surface area contributed by atoms with E-state index in [0.29, 0.717) is 11.5 Å². The molecule has 1 aliphatic heterocycles. The SMILES string of the molecule is CCCCOc1ccc(C(=O)NCCC2CCCNC2)cc1. The summed E-state index contributed by atoms with van der Waals surface area (Å²) in [5.74, 6) is 1.53. The van der Waals surface area contributed by atoms with E-state index in [0.717, 1.165) is 51.3 Å². The predicted octanol–water partition coefficient (Wildman–Crippen LogP) is 2.99. The lowest BCUT2D eigenvalue weighted by molar-refractivity contribution is 0.0950. The third-order valence-corrected chi connectivity index (χ3v) is 4.12. The average Bonchev–Trinajstić information content (AvgIpc) is 2.56. The number of carbonyl (C=O) groups excluding carboxylic acids is 1. The minimum absolute atomic E-state index is 0.00359. The number of ether oxygens (including phenoxy) is 1. The Morgan fingerprint density at radius 1 is 1.36 bits per heavy atom. The Kier molecular flexibility index (Phi) is 7.23. The van der Waals surface area contributed by atoms with E-state index in [-0.39, 0.29) is 5.91 Å². The molecule has 1 saturated heterocycles. The van der Waals surface area contributed by atoms with Crippen LogP contribution in [0.3, 0.4) is 0 Å². The van der Waals surface area contributed by atoms with Crippen LogP contribution in [-0.4, -0.2) is 32.1 Å². The quantitative estimate of drug-likeness (QED) is 0.726. The van der Waals surface area contributed by atoms with Gasteiger partial charge in [0.1, 0.15) is 5.75 Å². The van der Waals surface area contributed by atoms with E-state index in [4.69, 9.17) is 4.74 Å². The zero-order valence-corrected chi connectivity index (χ0v) is 13.6. The van der Waals surface area contributed by atoms with Crippen LogP contribution in [0.25, 0.3) is 0 Å². The molecule has 1 unspecified atom stereocenters. The van der Waals surface area contributed by atoms with E-state index in [1.807, 2.05) is 24.3 Å². The van der Waals surface area contributed by atoms with Crippen LogP contribution >= 0.6 is 0 Å². The van der Waals surface area contributed by atoms with E-state index < -0.39 is 0 Å². The molecule has 0 aromatic heterocycles. The van der Waals surface area contributed by atoms with Crippen molar-refractivity contribution in [1.29, 1.82) is 0 Å². The molecule has 122 valence electrons. The van der Waals surface area contributed by atoms with Crippen molar-refractivity contribution in [2.45, 2.75) is 39.0 Å². The van der Waals surface area contributed by atoms with Crippen molar-refractivity contribution >= 4 is 5.91 Å². The molecule has 4 nitrogen and oxygen atoms in total. The van der Waals surface area contributed by atoms with Gasteiger partial charge in [0, 0.05) is 12.1 Å². The summed E-state index contributed by atoms with van der Waals surface area (Å²) in [5, 5.41) is 6.42. The van der Waals surface area contributed by atoms with Crippen molar-refractivity contribution in [3.05, 3.63) is 29.8 Å². The number of nitrogens with one attached hydrogen (secondary N) is 2. The Bertz CT molecular complexity index is 439. The zero-order chi connectivity index (χ0) is 15.6. The number of piperidine rings is 1. The highest BCUT2D eigenvalue weighted by atomic mass is 16.5. The van der Waals surface area contributed by atoms with Crippen LogP contribution in [0.5, 0.6) is 5.75 Å². The third kappa shape index (κ3) is 5.68. The molecule has 1 fully saturated rings. The van der Waals surface area contributed by atoms with Gasteiger partial charge >= 0.3 is 0 Å².